The Morgan fingerprint density at radius 1 is 1.13 bits per heavy atom. The summed E-state index contributed by atoms with van der Waals surface area (Å²) in [5.74, 6) is 1.56. The molecule has 1 aromatic rings. The zero-order valence-corrected chi connectivity index (χ0v) is 8.75. The van der Waals surface area contributed by atoms with Crippen molar-refractivity contribution < 1.29 is 4.39 Å². The van der Waals surface area contributed by atoms with Crippen LogP contribution in [0.15, 0.2) is 24.3 Å². The Hall–Kier alpha value is -1.05. The zero-order valence-electron chi connectivity index (χ0n) is 8.75. The molecular formula is C13H16FN. The number of rotatable bonds is 2. The van der Waals surface area contributed by atoms with E-state index in [1.54, 1.807) is 6.07 Å². The molecule has 0 aliphatic heterocycles. The van der Waals surface area contributed by atoms with E-state index in [0.717, 1.165) is 11.8 Å². The third-order valence-corrected chi connectivity index (χ3v) is 3.95. The molecule has 3 atom stereocenters. The third-order valence-electron chi connectivity index (χ3n) is 3.95. The lowest BCUT2D eigenvalue weighted by Crippen LogP contribution is -2.26. The molecule has 1 N–H and O–H groups in total. The maximum Gasteiger partial charge on any atom is 0.146 e. The van der Waals surface area contributed by atoms with Gasteiger partial charge in [0.05, 0.1) is 5.69 Å². The van der Waals surface area contributed by atoms with Crippen molar-refractivity contribution in [2.24, 2.45) is 11.8 Å². The second-order valence-corrected chi connectivity index (χ2v) is 4.91. The fraction of sp³-hybridized carbons (Fsp3) is 0.538. The van der Waals surface area contributed by atoms with Gasteiger partial charge in [0.25, 0.3) is 0 Å². The lowest BCUT2D eigenvalue weighted by molar-refractivity contribution is 0.438. The maximum absolute atomic E-state index is 13.4. The molecule has 0 spiro atoms. The van der Waals surface area contributed by atoms with Crippen LogP contribution in [0, 0.1) is 17.7 Å². The Morgan fingerprint density at radius 3 is 2.67 bits per heavy atom. The van der Waals surface area contributed by atoms with E-state index in [0.29, 0.717) is 11.7 Å². The van der Waals surface area contributed by atoms with Gasteiger partial charge in [-0.2, -0.15) is 0 Å². The molecule has 0 aromatic heterocycles. The number of para-hydroxylation sites is 1. The monoisotopic (exact) mass is 205 g/mol. The van der Waals surface area contributed by atoms with Gasteiger partial charge in [-0.3, -0.25) is 0 Å². The maximum atomic E-state index is 13.4. The van der Waals surface area contributed by atoms with E-state index in [1.165, 1.54) is 31.7 Å². The van der Waals surface area contributed by atoms with E-state index < -0.39 is 0 Å². The van der Waals surface area contributed by atoms with E-state index in [-0.39, 0.29) is 5.82 Å². The Kier molecular flexibility index (Phi) is 2.15. The molecule has 2 fully saturated rings. The topological polar surface area (TPSA) is 12.0 Å². The van der Waals surface area contributed by atoms with Crippen molar-refractivity contribution in [3.05, 3.63) is 30.1 Å². The largest absolute Gasteiger partial charge is 0.380 e. The van der Waals surface area contributed by atoms with E-state index in [1.807, 2.05) is 12.1 Å². The highest BCUT2D eigenvalue weighted by atomic mass is 19.1. The van der Waals surface area contributed by atoms with Crippen LogP contribution in [0.3, 0.4) is 0 Å². The van der Waals surface area contributed by atoms with Crippen LogP contribution >= 0.6 is 0 Å². The SMILES string of the molecule is Fc1ccccc1N[C@H]1C[C@H]2CC[C@H]1C2. The Labute approximate surface area is 89.7 Å². The summed E-state index contributed by atoms with van der Waals surface area (Å²) >= 11 is 0. The van der Waals surface area contributed by atoms with Gasteiger partial charge in [0, 0.05) is 6.04 Å². The standard InChI is InChI=1S/C13H16FN/c14-11-3-1-2-4-12(11)15-13-8-9-5-6-10(13)7-9/h1-4,9-10,13,15H,5-8H2/t9-,10-,13-/m0/s1. The molecule has 2 bridgehead atoms. The molecular weight excluding hydrogens is 189 g/mol. The summed E-state index contributed by atoms with van der Waals surface area (Å²) in [4.78, 5) is 0. The molecule has 0 radical (unpaired) electrons. The fourth-order valence-electron chi connectivity index (χ4n) is 3.20. The molecule has 2 heteroatoms. The lowest BCUT2D eigenvalue weighted by atomic mass is 9.95. The number of hydrogen-bond donors (Lipinski definition) is 1. The van der Waals surface area contributed by atoms with Crippen molar-refractivity contribution >= 4 is 5.69 Å². The number of nitrogens with one attached hydrogen (secondary N) is 1. The van der Waals surface area contributed by atoms with Crippen molar-refractivity contribution in [1.29, 1.82) is 0 Å². The first-order valence-corrected chi connectivity index (χ1v) is 5.84. The number of benzene rings is 1. The summed E-state index contributed by atoms with van der Waals surface area (Å²) in [6, 6.07) is 7.50. The molecule has 0 amide bonds. The predicted molar refractivity (Wildman–Crippen MR) is 59.3 cm³/mol. The van der Waals surface area contributed by atoms with Gasteiger partial charge in [0.2, 0.25) is 0 Å². The summed E-state index contributed by atoms with van der Waals surface area (Å²) in [6.07, 6.45) is 5.31. The molecule has 2 aliphatic carbocycles. The van der Waals surface area contributed by atoms with Crippen molar-refractivity contribution in [2.45, 2.75) is 31.7 Å². The van der Waals surface area contributed by atoms with Crippen molar-refractivity contribution in [1.82, 2.24) is 0 Å². The molecule has 1 nitrogen and oxygen atoms in total. The molecule has 2 aliphatic rings. The van der Waals surface area contributed by atoms with Gasteiger partial charge in [-0.1, -0.05) is 18.6 Å². The number of fused-ring (bicyclic) bond motifs is 2. The Morgan fingerprint density at radius 2 is 2.00 bits per heavy atom. The van der Waals surface area contributed by atoms with Gasteiger partial charge in [-0.25, -0.2) is 4.39 Å². The number of anilines is 1. The van der Waals surface area contributed by atoms with Crippen LogP contribution in [0.4, 0.5) is 10.1 Å². The molecule has 3 rings (SSSR count). The molecule has 0 heterocycles. The van der Waals surface area contributed by atoms with Crippen molar-refractivity contribution in [2.75, 3.05) is 5.32 Å². The van der Waals surface area contributed by atoms with E-state index in [2.05, 4.69) is 5.32 Å². The van der Waals surface area contributed by atoms with Gasteiger partial charge in [0.1, 0.15) is 5.82 Å². The summed E-state index contributed by atoms with van der Waals surface area (Å²) in [5, 5.41) is 3.37. The Balaban J connectivity index is 1.73. The highest BCUT2D eigenvalue weighted by Gasteiger charge is 2.39. The average molecular weight is 205 g/mol. The highest BCUT2D eigenvalue weighted by molar-refractivity contribution is 5.45. The summed E-state index contributed by atoms with van der Waals surface area (Å²) < 4.78 is 13.4. The van der Waals surface area contributed by atoms with Crippen LogP contribution in [0.2, 0.25) is 0 Å². The quantitative estimate of drug-likeness (QED) is 0.780. The summed E-state index contributed by atoms with van der Waals surface area (Å²) in [5.41, 5.74) is 0.676. The van der Waals surface area contributed by atoms with Crippen molar-refractivity contribution in [3.8, 4) is 0 Å². The van der Waals surface area contributed by atoms with Gasteiger partial charge in [-0.05, 0) is 43.2 Å². The number of halogens is 1. The average Bonchev–Trinajstić information content (AvgIpc) is 2.83. The summed E-state index contributed by atoms with van der Waals surface area (Å²) in [7, 11) is 0. The van der Waals surface area contributed by atoms with E-state index in [4.69, 9.17) is 0 Å². The minimum atomic E-state index is -0.125. The van der Waals surface area contributed by atoms with Gasteiger partial charge < -0.3 is 5.32 Å². The van der Waals surface area contributed by atoms with Crippen LogP contribution in [-0.4, -0.2) is 6.04 Å². The van der Waals surface area contributed by atoms with Crippen LogP contribution in [0.5, 0.6) is 0 Å². The van der Waals surface area contributed by atoms with E-state index >= 15 is 0 Å². The first-order valence-electron chi connectivity index (χ1n) is 5.84. The first kappa shape index (κ1) is 9.20. The highest BCUT2D eigenvalue weighted by Crippen LogP contribution is 2.45. The molecule has 15 heavy (non-hydrogen) atoms. The molecule has 80 valence electrons. The Bertz CT molecular complexity index is 363. The van der Waals surface area contributed by atoms with Crippen molar-refractivity contribution in [3.63, 3.8) is 0 Å². The predicted octanol–water partition coefficient (Wildman–Crippen LogP) is 3.43. The van der Waals surface area contributed by atoms with Crippen LogP contribution < -0.4 is 5.32 Å². The van der Waals surface area contributed by atoms with Gasteiger partial charge in [0.15, 0.2) is 0 Å². The molecule has 0 unspecified atom stereocenters. The first-order chi connectivity index (χ1) is 7.33. The molecule has 0 saturated heterocycles. The lowest BCUT2D eigenvalue weighted by Gasteiger charge is -2.24. The third kappa shape index (κ3) is 1.62. The van der Waals surface area contributed by atoms with Crippen LogP contribution in [-0.2, 0) is 0 Å². The fourth-order valence-corrected chi connectivity index (χ4v) is 3.20. The second kappa shape index (κ2) is 3.51. The minimum Gasteiger partial charge on any atom is -0.380 e. The van der Waals surface area contributed by atoms with Gasteiger partial charge >= 0.3 is 0 Å². The minimum absolute atomic E-state index is 0.125. The second-order valence-electron chi connectivity index (χ2n) is 4.91. The van der Waals surface area contributed by atoms with E-state index in [9.17, 15) is 4.39 Å². The summed E-state index contributed by atoms with van der Waals surface area (Å²) in [6.45, 7) is 0. The molecule has 1 aromatic carbocycles. The zero-order chi connectivity index (χ0) is 10.3. The normalized spacial score (nSPS) is 33.3. The number of hydrogen-bond acceptors (Lipinski definition) is 1. The molecule has 2 saturated carbocycles. The van der Waals surface area contributed by atoms with Crippen LogP contribution in [0.25, 0.3) is 0 Å². The van der Waals surface area contributed by atoms with Crippen LogP contribution in [0.1, 0.15) is 25.7 Å². The van der Waals surface area contributed by atoms with Gasteiger partial charge in [-0.15, -0.1) is 0 Å². The smallest absolute Gasteiger partial charge is 0.146 e.